The number of carboxylic acids is 1. The van der Waals surface area contributed by atoms with Gasteiger partial charge in [-0.25, -0.2) is 4.79 Å². The van der Waals surface area contributed by atoms with Crippen LogP contribution >= 0.6 is 0 Å². The first-order valence-corrected chi connectivity index (χ1v) is 3.68. The maximum atomic E-state index is 9.25. The molecule has 0 atom stereocenters. The van der Waals surface area contributed by atoms with E-state index in [-0.39, 0.29) is 0 Å². The maximum absolute atomic E-state index is 9.25. The van der Waals surface area contributed by atoms with Crippen molar-refractivity contribution >= 4 is 5.97 Å². The number of carboxylic acid groups (broad SMARTS) is 1. The summed E-state index contributed by atoms with van der Waals surface area (Å²) in [5.74, 6) is -0.613. The first-order chi connectivity index (χ1) is 6.07. The van der Waals surface area contributed by atoms with E-state index >= 15 is 0 Å². The second-order valence-corrected chi connectivity index (χ2v) is 2.33. The van der Waals surface area contributed by atoms with Gasteiger partial charge in [0.15, 0.2) is 0 Å². The lowest BCUT2D eigenvalue weighted by atomic mass is 10.2. The molecule has 0 aromatic heterocycles. The molecule has 0 saturated carbocycles. The molecule has 0 unspecified atom stereocenters. The predicted molar refractivity (Wildman–Crippen MR) is 50.7 cm³/mol. The highest BCUT2D eigenvalue weighted by atomic mass is 16.4. The van der Waals surface area contributed by atoms with E-state index in [9.17, 15) is 4.79 Å². The van der Waals surface area contributed by atoms with Gasteiger partial charge in [-0.05, 0) is 18.6 Å². The number of hydrogen-bond donors (Lipinski definition) is 2. The minimum Gasteiger partial charge on any atom is -0.508 e. The molecule has 0 aliphatic rings. The molecule has 0 fully saturated rings. The molecule has 70 valence electrons. The van der Waals surface area contributed by atoms with Crippen molar-refractivity contribution in [3.05, 3.63) is 42.5 Å². The van der Waals surface area contributed by atoms with Crippen molar-refractivity contribution in [3.8, 4) is 5.75 Å². The molecule has 0 spiro atoms. The van der Waals surface area contributed by atoms with E-state index in [0.29, 0.717) is 5.75 Å². The zero-order chi connectivity index (χ0) is 10.3. The van der Waals surface area contributed by atoms with E-state index in [1.165, 1.54) is 0 Å². The molecule has 3 heteroatoms. The summed E-state index contributed by atoms with van der Waals surface area (Å²) >= 11 is 0. The Hall–Kier alpha value is -1.77. The van der Waals surface area contributed by atoms with Crippen molar-refractivity contribution in [3.63, 3.8) is 0 Å². The van der Waals surface area contributed by atoms with Gasteiger partial charge in [0.05, 0.1) is 0 Å². The molecule has 0 amide bonds. The average Bonchev–Trinajstić information content (AvgIpc) is 2.11. The van der Waals surface area contributed by atoms with Crippen molar-refractivity contribution in [1.82, 2.24) is 0 Å². The van der Waals surface area contributed by atoms with Gasteiger partial charge in [0.2, 0.25) is 0 Å². The molecule has 1 aromatic carbocycles. The van der Waals surface area contributed by atoms with E-state index in [1.54, 1.807) is 6.07 Å². The highest BCUT2D eigenvalue weighted by molar-refractivity contribution is 5.78. The molecule has 0 saturated heterocycles. The summed E-state index contributed by atoms with van der Waals surface area (Å²) < 4.78 is 0. The molecule has 0 heterocycles. The molecule has 0 radical (unpaired) electrons. The molecular weight excluding hydrogens is 168 g/mol. The Morgan fingerprint density at radius 2 is 1.92 bits per heavy atom. The highest BCUT2D eigenvalue weighted by Gasteiger charge is 1.86. The number of phenolic OH excluding ortho intramolecular Hbond substituents is 1. The van der Waals surface area contributed by atoms with Crippen LogP contribution in [0.15, 0.2) is 36.9 Å². The Morgan fingerprint density at radius 1 is 1.46 bits per heavy atom. The predicted octanol–water partition coefficient (Wildman–Crippen LogP) is 1.96. The molecule has 3 nitrogen and oxygen atoms in total. The fraction of sp³-hybridized carbons (Fsp3) is 0.100. The smallest absolute Gasteiger partial charge is 0.327 e. The van der Waals surface area contributed by atoms with Crippen LogP contribution in [0.25, 0.3) is 0 Å². The Labute approximate surface area is 77.0 Å². The lowest BCUT2D eigenvalue weighted by molar-refractivity contribution is -0.131. The largest absolute Gasteiger partial charge is 0.508 e. The summed E-state index contributed by atoms with van der Waals surface area (Å²) in [5.41, 5.74) is 0.924. The first-order valence-electron chi connectivity index (χ1n) is 3.68. The Morgan fingerprint density at radius 3 is 2.15 bits per heavy atom. The van der Waals surface area contributed by atoms with Gasteiger partial charge < -0.3 is 10.2 Å². The standard InChI is InChI=1S/C7H8O.C3H4O2/c1-6-4-2-3-5-7(6)8;1-2-3(4)5/h2-5,8H,1H3;2H,1H2,(H,4,5). The van der Waals surface area contributed by atoms with E-state index in [2.05, 4.69) is 6.58 Å². The summed E-state index contributed by atoms with van der Waals surface area (Å²) in [6.07, 6.45) is 0.833. The zero-order valence-corrected chi connectivity index (χ0v) is 7.40. The van der Waals surface area contributed by atoms with Crippen molar-refractivity contribution < 1.29 is 15.0 Å². The number of aliphatic carboxylic acids is 1. The number of rotatable bonds is 1. The lowest BCUT2D eigenvalue weighted by Gasteiger charge is -1.92. The second-order valence-electron chi connectivity index (χ2n) is 2.33. The third-order valence-electron chi connectivity index (χ3n) is 1.29. The number of para-hydroxylation sites is 1. The number of hydrogen-bond acceptors (Lipinski definition) is 2. The molecule has 0 aliphatic carbocycles. The summed E-state index contributed by atoms with van der Waals surface area (Å²) in [7, 11) is 0. The number of aromatic hydroxyl groups is 1. The highest BCUT2D eigenvalue weighted by Crippen LogP contribution is 2.12. The van der Waals surface area contributed by atoms with E-state index in [1.807, 2.05) is 25.1 Å². The van der Waals surface area contributed by atoms with Gasteiger partial charge in [0.25, 0.3) is 0 Å². The third-order valence-corrected chi connectivity index (χ3v) is 1.29. The number of benzene rings is 1. The van der Waals surface area contributed by atoms with Crippen LogP contribution < -0.4 is 0 Å². The van der Waals surface area contributed by atoms with Gasteiger partial charge in [-0.3, -0.25) is 0 Å². The van der Waals surface area contributed by atoms with Crippen LogP contribution in [-0.4, -0.2) is 16.2 Å². The van der Waals surface area contributed by atoms with Crippen molar-refractivity contribution in [2.45, 2.75) is 6.92 Å². The zero-order valence-electron chi connectivity index (χ0n) is 7.40. The topological polar surface area (TPSA) is 57.5 Å². The Kier molecular flexibility index (Phi) is 5.03. The molecule has 2 N–H and O–H groups in total. The van der Waals surface area contributed by atoms with Crippen molar-refractivity contribution in [2.24, 2.45) is 0 Å². The monoisotopic (exact) mass is 180 g/mol. The van der Waals surface area contributed by atoms with Crippen LogP contribution in [0.5, 0.6) is 5.75 Å². The third kappa shape index (κ3) is 5.49. The van der Waals surface area contributed by atoms with Gasteiger partial charge in [0, 0.05) is 6.08 Å². The van der Waals surface area contributed by atoms with Crippen LogP contribution in [0.2, 0.25) is 0 Å². The average molecular weight is 180 g/mol. The molecule has 1 aromatic rings. The van der Waals surface area contributed by atoms with Gasteiger partial charge in [-0.2, -0.15) is 0 Å². The fourth-order valence-corrected chi connectivity index (χ4v) is 0.563. The quantitative estimate of drug-likeness (QED) is 0.649. The fourth-order valence-electron chi connectivity index (χ4n) is 0.563. The number of phenols is 1. The van der Waals surface area contributed by atoms with E-state index in [4.69, 9.17) is 10.2 Å². The van der Waals surface area contributed by atoms with E-state index in [0.717, 1.165) is 11.6 Å². The van der Waals surface area contributed by atoms with Crippen molar-refractivity contribution in [2.75, 3.05) is 0 Å². The first kappa shape index (κ1) is 11.2. The number of aryl methyl sites for hydroxylation is 1. The summed E-state index contributed by atoms with van der Waals surface area (Å²) in [4.78, 5) is 9.25. The summed E-state index contributed by atoms with van der Waals surface area (Å²) in [5, 5.41) is 16.5. The normalized spacial score (nSPS) is 8.08. The van der Waals surface area contributed by atoms with Crippen LogP contribution in [0.4, 0.5) is 0 Å². The van der Waals surface area contributed by atoms with Crippen molar-refractivity contribution in [1.29, 1.82) is 0 Å². The molecule has 0 bridgehead atoms. The van der Waals surface area contributed by atoms with Gasteiger partial charge in [-0.1, -0.05) is 24.8 Å². The molecule has 13 heavy (non-hydrogen) atoms. The minimum atomic E-state index is -0.981. The lowest BCUT2D eigenvalue weighted by Crippen LogP contribution is -1.82. The minimum absolute atomic E-state index is 0.368. The van der Waals surface area contributed by atoms with Gasteiger partial charge in [-0.15, -0.1) is 0 Å². The number of carbonyl (C=O) groups is 1. The molecule has 1 rings (SSSR count). The Bertz CT molecular complexity index is 271. The molecular formula is C10H12O3. The van der Waals surface area contributed by atoms with Crippen LogP contribution in [0.1, 0.15) is 5.56 Å². The summed E-state index contributed by atoms with van der Waals surface area (Å²) in [6, 6.07) is 7.25. The van der Waals surface area contributed by atoms with Crippen LogP contribution in [0.3, 0.4) is 0 Å². The van der Waals surface area contributed by atoms with Gasteiger partial charge >= 0.3 is 5.97 Å². The Balaban J connectivity index is 0.000000252. The molecule has 0 aliphatic heterocycles. The maximum Gasteiger partial charge on any atom is 0.327 e. The summed E-state index contributed by atoms with van der Waals surface area (Å²) in [6.45, 7) is 4.83. The van der Waals surface area contributed by atoms with E-state index < -0.39 is 5.97 Å². The second kappa shape index (κ2) is 5.83. The van der Waals surface area contributed by atoms with Gasteiger partial charge in [0.1, 0.15) is 5.75 Å². The SMILES string of the molecule is C=CC(=O)O.Cc1ccccc1O. The van der Waals surface area contributed by atoms with Crippen LogP contribution in [0, 0.1) is 6.92 Å². The van der Waals surface area contributed by atoms with Crippen LogP contribution in [-0.2, 0) is 4.79 Å².